The number of allylic oxidation sites excluding steroid dienone is 1. The minimum atomic E-state index is -0.822. The fraction of sp³-hybridized carbons (Fsp3) is 0.433. The number of hydrogen-bond donors (Lipinski definition) is 0. The number of aromatic nitrogens is 1. The first kappa shape index (κ1) is 27.8. The molecule has 0 radical (unpaired) electrons. The van der Waals surface area contributed by atoms with Gasteiger partial charge in [-0.05, 0) is 63.8 Å². The Hall–Kier alpha value is -3.79. The van der Waals surface area contributed by atoms with Crippen LogP contribution in [-0.2, 0) is 9.53 Å². The van der Waals surface area contributed by atoms with Gasteiger partial charge in [0.1, 0.15) is 23.3 Å². The van der Waals surface area contributed by atoms with Crippen LogP contribution in [0, 0.1) is 5.92 Å². The minimum Gasteiger partial charge on any atom is -0.497 e. The number of nitrogens with zero attached hydrogens (tertiary/aromatic N) is 3. The molecular formula is C30H35N3O6S. The van der Waals surface area contributed by atoms with E-state index in [4.69, 9.17) is 18.6 Å². The van der Waals surface area contributed by atoms with Gasteiger partial charge in [0.05, 0.1) is 36.1 Å². The SMILES string of the molecule is COc1ccc(OC)c([C@@H]2C(C(=O)OC(C)C)=C(C)N=c3s/c(=C\c4ccc(N5CCC(C)CC5)o4)c(=O)n32)c1. The summed E-state index contributed by atoms with van der Waals surface area (Å²) < 4.78 is 24.9. The van der Waals surface area contributed by atoms with Crippen LogP contribution in [0.15, 0.2) is 55.8 Å². The molecule has 0 unspecified atom stereocenters. The molecule has 2 aliphatic rings. The number of esters is 1. The van der Waals surface area contributed by atoms with E-state index in [2.05, 4.69) is 16.8 Å². The lowest BCUT2D eigenvalue weighted by atomic mass is 9.94. The van der Waals surface area contributed by atoms with Gasteiger partial charge >= 0.3 is 5.97 Å². The number of thiazole rings is 1. The summed E-state index contributed by atoms with van der Waals surface area (Å²) in [5.41, 5.74) is 1.07. The molecule has 0 saturated carbocycles. The summed E-state index contributed by atoms with van der Waals surface area (Å²) in [6.07, 6.45) is 3.65. The third-order valence-corrected chi connectivity index (χ3v) is 8.28. The Kier molecular flexibility index (Phi) is 7.89. The Morgan fingerprint density at radius 2 is 1.90 bits per heavy atom. The van der Waals surface area contributed by atoms with Crippen molar-refractivity contribution < 1.29 is 23.4 Å². The number of rotatable bonds is 7. The highest BCUT2D eigenvalue weighted by molar-refractivity contribution is 7.07. The molecule has 9 nitrogen and oxygen atoms in total. The molecule has 0 spiro atoms. The average Bonchev–Trinajstić information content (AvgIpc) is 3.51. The topological polar surface area (TPSA) is 95.5 Å². The van der Waals surface area contributed by atoms with Gasteiger partial charge in [-0.2, -0.15) is 0 Å². The largest absolute Gasteiger partial charge is 0.497 e. The first-order valence-corrected chi connectivity index (χ1v) is 14.3. The van der Waals surface area contributed by atoms with Crippen molar-refractivity contribution >= 4 is 29.3 Å². The quantitative estimate of drug-likeness (QED) is 0.399. The lowest BCUT2D eigenvalue weighted by molar-refractivity contribution is -0.143. The lowest BCUT2D eigenvalue weighted by Gasteiger charge is -2.29. The zero-order valence-corrected chi connectivity index (χ0v) is 24.5. The number of ether oxygens (including phenoxy) is 3. The van der Waals surface area contributed by atoms with E-state index in [1.807, 2.05) is 12.1 Å². The van der Waals surface area contributed by atoms with Crippen molar-refractivity contribution in [2.24, 2.45) is 10.9 Å². The van der Waals surface area contributed by atoms with Gasteiger partial charge in [0, 0.05) is 30.8 Å². The van der Waals surface area contributed by atoms with Gasteiger partial charge in [-0.1, -0.05) is 18.3 Å². The summed E-state index contributed by atoms with van der Waals surface area (Å²) in [5, 5.41) is 0. The molecule has 4 heterocycles. The molecule has 1 atom stereocenters. The van der Waals surface area contributed by atoms with Gasteiger partial charge < -0.3 is 23.5 Å². The van der Waals surface area contributed by atoms with Crippen LogP contribution in [0.1, 0.15) is 57.9 Å². The highest BCUT2D eigenvalue weighted by Gasteiger charge is 2.36. The summed E-state index contributed by atoms with van der Waals surface area (Å²) >= 11 is 1.25. The Bertz CT molecular complexity index is 1620. The summed E-state index contributed by atoms with van der Waals surface area (Å²) in [7, 11) is 3.11. The number of carbonyl (C=O) groups excluding carboxylic acids is 1. The molecule has 1 saturated heterocycles. The third-order valence-electron chi connectivity index (χ3n) is 7.30. The normalized spacial score (nSPS) is 18.1. The zero-order valence-electron chi connectivity index (χ0n) is 23.7. The predicted molar refractivity (Wildman–Crippen MR) is 154 cm³/mol. The second kappa shape index (κ2) is 11.4. The van der Waals surface area contributed by atoms with Gasteiger partial charge in [0.2, 0.25) is 0 Å². The molecule has 2 aromatic heterocycles. The van der Waals surface area contributed by atoms with Crippen molar-refractivity contribution in [2.45, 2.75) is 52.7 Å². The molecule has 212 valence electrons. The Labute approximate surface area is 237 Å². The van der Waals surface area contributed by atoms with Gasteiger partial charge in [-0.15, -0.1) is 0 Å². The van der Waals surface area contributed by atoms with Crippen molar-refractivity contribution in [3.8, 4) is 11.5 Å². The molecular weight excluding hydrogens is 530 g/mol. The first-order chi connectivity index (χ1) is 19.2. The van der Waals surface area contributed by atoms with Crippen LogP contribution >= 0.6 is 11.3 Å². The zero-order chi connectivity index (χ0) is 28.6. The molecule has 10 heteroatoms. The van der Waals surface area contributed by atoms with E-state index in [0.29, 0.717) is 37.9 Å². The monoisotopic (exact) mass is 565 g/mol. The van der Waals surface area contributed by atoms with Crippen LogP contribution in [0.5, 0.6) is 11.5 Å². The van der Waals surface area contributed by atoms with E-state index in [9.17, 15) is 9.59 Å². The van der Waals surface area contributed by atoms with E-state index < -0.39 is 12.0 Å². The second-order valence-corrected chi connectivity index (χ2v) is 11.5. The summed E-state index contributed by atoms with van der Waals surface area (Å²) in [4.78, 5) is 34.8. The van der Waals surface area contributed by atoms with Gasteiger partial charge in [-0.3, -0.25) is 9.36 Å². The van der Waals surface area contributed by atoms with Gasteiger partial charge in [-0.25, -0.2) is 9.79 Å². The maximum Gasteiger partial charge on any atom is 0.338 e. The number of fused-ring (bicyclic) bond motifs is 1. The fourth-order valence-corrected chi connectivity index (χ4v) is 6.18. The van der Waals surface area contributed by atoms with E-state index in [-0.39, 0.29) is 17.2 Å². The van der Waals surface area contributed by atoms with E-state index in [0.717, 1.165) is 37.7 Å². The number of anilines is 1. The minimum absolute atomic E-state index is 0.277. The maximum atomic E-state index is 14.0. The highest BCUT2D eigenvalue weighted by Crippen LogP contribution is 2.38. The van der Waals surface area contributed by atoms with Crippen molar-refractivity contribution in [3.63, 3.8) is 0 Å². The van der Waals surface area contributed by atoms with Crippen molar-refractivity contribution in [3.05, 3.63) is 72.6 Å². The van der Waals surface area contributed by atoms with Crippen molar-refractivity contribution in [1.29, 1.82) is 0 Å². The molecule has 40 heavy (non-hydrogen) atoms. The lowest BCUT2D eigenvalue weighted by Crippen LogP contribution is -2.40. The molecule has 0 aliphatic carbocycles. The van der Waals surface area contributed by atoms with Crippen LogP contribution in [0.4, 0.5) is 5.88 Å². The number of carbonyl (C=O) groups is 1. The Balaban J connectivity index is 1.63. The van der Waals surface area contributed by atoms with Crippen molar-refractivity contribution in [2.75, 3.05) is 32.2 Å². The summed E-state index contributed by atoms with van der Waals surface area (Å²) in [6, 6.07) is 8.32. The molecule has 1 aromatic carbocycles. The fourth-order valence-electron chi connectivity index (χ4n) is 5.16. The molecule has 0 N–H and O–H groups in total. The van der Waals surface area contributed by atoms with Crippen LogP contribution in [0.3, 0.4) is 0 Å². The van der Waals surface area contributed by atoms with Gasteiger partial charge in [0.15, 0.2) is 10.7 Å². The number of hydrogen-bond acceptors (Lipinski definition) is 9. The van der Waals surface area contributed by atoms with Crippen LogP contribution in [0.25, 0.3) is 6.08 Å². The van der Waals surface area contributed by atoms with Crippen LogP contribution in [0.2, 0.25) is 0 Å². The van der Waals surface area contributed by atoms with Gasteiger partial charge in [0.25, 0.3) is 5.56 Å². The van der Waals surface area contributed by atoms with E-state index in [1.54, 1.807) is 59.3 Å². The molecule has 3 aromatic rings. The molecule has 2 aliphatic heterocycles. The molecule has 0 amide bonds. The van der Waals surface area contributed by atoms with E-state index in [1.165, 1.54) is 15.9 Å². The first-order valence-electron chi connectivity index (χ1n) is 13.5. The van der Waals surface area contributed by atoms with E-state index >= 15 is 0 Å². The molecule has 5 rings (SSSR count). The number of furan rings is 1. The summed E-state index contributed by atoms with van der Waals surface area (Å²) in [6.45, 7) is 9.50. The summed E-state index contributed by atoms with van der Waals surface area (Å²) in [5.74, 6) is 2.65. The van der Waals surface area contributed by atoms with Crippen molar-refractivity contribution in [1.82, 2.24) is 4.57 Å². The number of methoxy groups -OCH3 is 2. The Morgan fingerprint density at radius 3 is 2.58 bits per heavy atom. The standard InChI is InChI=1S/C30H35N3O6S/c1-17(2)38-29(35)26-19(4)31-30-33(27(26)22-15-20(36-5)7-9-23(22)37-6)28(34)24(40-30)16-21-8-10-25(39-21)32-13-11-18(3)12-14-32/h7-10,15-18,27H,11-14H2,1-6H3/b24-16-/t27-/m1/s1. The smallest absolute Gasteiger partial charge is 0.338 e. The second-order valence-electron chi connectivity index (χ2n) is 10.5. The number of piperidine rings is 1. The number of benzene rings is 1. The third kappa shape index (κ3) is 5.32. The predicted octanol–water partition coefficient (Wildman–Crippen LogP) is 4.03. The average molecular weight is 566 g/mol. The molecule has 0 bridgehead atoms. The Morgan fingerprint density at radius 1 is 1.15 bits per heavy atom. The maximum absolute atomic E-state index is 14.0. The van der Waals surface area contributed by atoms with Crippen LogP contribution < -0.4 is 29.3 Å². The van der Waals surface area contributed by atoms with Crippen LogP contribution in [-0.4, -0.2) is 43.9 Å². The highest BCUT2D eigenvalue weighted by atomic mass is 32.1. The molecule has 1 fully saturated rings.